The zero-order valence-electron chi connectivity index (χ0n) is 15.2. The third kappa shape index (κ3) is 4.53. The summed E-state index contributed by atoms with van der Waals surface area (Å²) >= 11 is 0. The molecule has 0 radical (unpaired) electrons. The van der Waals surface area contributed by atoms with Gasteiger partial charge in [0.05, 0.1) is 16.9 Å². The van der Waals surface area contributed by atoms with Crippen molar-refractivity contribution in [3.63, 3.8) is 0 Å². The Bertz CT molecular complexity index is 539. The van der Waals surface area contributed by atoms with E-state index in [-0.39, 0.29) is 22.7 Å². The second kappa shape index (κ2) is 7.17. The largest absolute Gasteiger partial charge is 0.411 e. The lowest BCUT2D eigenvalue weighted by Gasteiger charge is -2.39. The summed E-state index contributed by atoms with van der Waals surface area (Å²) in [7, 11) is -2.97. The molecule has 0 spiro atoms. The van der Waals surface area contributed by atoms with Crippen LogP contribution in [0.25, 0.3) is 0 Å². The van der Waals surface area contributed by atoms with E-state index in [4.69, 9.17) is 9.16 Å². The smallest absolute Gasteiger partial charge is 0.192 e. The van der Waals surface area contributed by atoms with E-state index in [9.17, 15) is 4.21 Å². The number of epoxide rings is 1. The Morgan fingerprint density at radius 3 is 2.39 bits per heavy atom. The van der Waals surface area contributed by atoms with Crippen LogP contribution in [0.2, 0.25) is 18.1 Å². The van der Waals surface area contributed by atoms with Gasteiger partial charge in [-0.1, -0.05) is 52.3 Å². The van der Waals surface area contributed by atoms with E-state index in [2.05, 4.69) is 40.8 Å². The van der Waals surface area contributed by atoms with Gasteiger partial charge in [-0.2, -0.15) is 0 Å². The van der Waals surface area contributed by atoms with Gasteiger partial charge in [-0.3, -0.25) is 4.21 Å². The fourth-order valence-electron chi connectivity index (χ4n) is 2.36. The van der Waals surface area contributed by atoms with Gasteiger partial charge >= 0.3 is 0 Å². The van der Waals surface area contributed by atoms with E-state index in [1.807, 2.05) is 30.3 Å². The molecule has 1 aromatic rings. The van der Waals surface area contributed by atoms with Crippen molar-refractivity contribution in [2.24, 2.45) is 0 Å². The Labute approximate surface area is 144 Å². The second-order valence-electron chi connectivity index (χ2n) is 7.78. The number of rotatable bonds is 7. The van der Waals surface area contributed by atoms with Gasteiger partial charge in [0, 0.05) is 4.90 Å². The molecule has 2 rings (SSSR count). The van der Waals surface area contributed by atoms with Crippen LogP contribution in [0, 0.1) is 0 Å². The first-order valence-corrected chi connectivity index (χ1v) is 12.6. The van der Waals surface area contributed by atoms with Crippen LogP contribution in [0.1, 0.15) is 40.5 Å². The Hall–Kier alpha value is -0.493. The standard InChI is InChI=1S/C18H30O3SSi/c1-7-11-15(21-23(5,6)18(2,3)4)16-17(20-16)22(19)14-12-9-8-10-13-14/h8-10,12-13,15-17H,7,11H2,1-6H3/t15-,16+,17+,22?/m1/s1. The van der Waals surface area contributed by atoms with Gasteiger partial charge in [0.1, 0.15) is 6.10 Å². The number of ether oxygens (including phenoxy) is 1. The summed E-state index contributed by atoms with van der Waals surface area (Å²) in [6.07, 6.45) is 2.02. The molecule has 0 aromatic heterocycles. The van der Waals surface area contributed by atoms with Crippen molar-refractivity contribution in [3.05, 3.63) is 30.3 Å². The molecule has 3 nitrogen and oxygen atoms in total. The van der Waals surface area contributed by atoms with E-state index in [1.54, 1.807) is 0 Å². The molecular weight excluding hydrogens is 324 g/mol. The number of benzene rings is 1. The highest BCUT2D eigenvalue weighted by Gasteiger charge is 2.52. The highest BCUT2D eigenvalue weighted by atomic mass is 32.2. The minimum Gasteiger partial charge on any atom is -0.411 e. The van der Waals surface area contributed by atoms with Gasteiger partial charge < -0.3 is 9.16 Å². The fraction of sp³-hybridized carbons (Fsp3) is 0.667. The van der Waals surface area contributed by atoms with Gasteiger partial charge in [-0.05, 0) is 36.7 Å². The van der Waals surface area contributed by atoms with Crippen LogP contribution in [-0.4, -0.2) is 30.2 Å². The van der Waals surface area contributed by atoms with E-state index >= 15 is 0 Å². The Kier molecular flexibility index (Phi) is 5.88. The molecule has 1 aliphatic rings. The van der Waals surface area contributed by atoms with Crippen LogP contribution in [0.5, 0.6) is 0 Å². The molecule has 130 valence electrons. The lowest BCUT2D eigenvalue weighted by Crippen LogP contribution is -2.45. The molecule has 0 N–H and O–H groups in total. The number of hydrogen-bond donors (Lipinski definition) is 0. The van der Waals surface area contributed by atoms with Crippen LogP contribution >= 0.6 is 0 Å². The SMILES string of the molecule is CCC[C@@H](O[Si](C)(C)C(C)(C)C)[C@@H]1O[C@H]1S(=O)c1ccccc1. The lowest BCUT2D eigenvalue weighted by atomic mass is 10.1. The Balaban J connectivity index is 2.05. The van der Waals surface area contributed by atoms with Crippen molar-refractivity contribution in [1.29, 1.82) is 0 Å². The van der Waals surface area contributed by atoms with Gasteiger partial charge in [0.15, 0.2) is 13.8 Å². The average molecular weight is 355 g/mol. The third-order valence-corrected chi connectivity index (χ3v) is 10.9. The molecular formula is C18H30O3SSi. The molecule has 0 amide bonds. The van der Waals surface area contributed by atoms with Crippen molar-refractivity contribution < 1.29 is 13.4 Å². The molecule has 0 saturated carbocycles. The van der Waals surface area contributed by atoms with Gasteiger partial charge in [-0.15, -0.1) is 0 Å². The first-order chi connectivity index (χ1) is 10.7. The van der Waals surface area contributed by atoms with Crippen molar-refractivity contribution in [1.82, 2.24) is 0 Å². The topological polar surface area (TPSA) is 38.8 Å². The van der Waals surface area contributed by atoms with Gasteiger partial charge in [0.25, 0.3) is 0 Å². The molecule has 1 saturated heterocycles. The normalized spacial score (nSPS) is 24.3. The van der Waals surface area contributed by atoms with Crippen molar-refractivity contribution in [3.8, 4) is 0 Å². The third-order valence-electron chi connectivity index (χ3n) is 4.86. The monoisotopic (exact) mass is 354 g/mol. The van der Waals surface area contributed by atoms with Crippen LogP contribution in [-0.2, 0) is 20.0 Å². The predicted molar refractivity (Wildman–Crippen MR) is 98.5 cm³/mol. The summed E-state index contributed by atoms with van der Waals surface area (Å²) < 4.78 is 25.0. The second-order valence-corrected chi connectivity index (χ2v) is 14.1. The summed E-state index contributed by atoms with van der Waals surface area (Å²) in [5.41, 5.74) is -0.223. The van der Waals surface area contributed by atoms with E-state index in [0.717, 1.165) is 17.7 Å². The summed E-state index contributed by atoms with van der Waals surface area (Å²) in [6, 6.07) is 9.57. The van der Waals surface area contributed by atoms with Gasteiger partial charge in [0.2, 0.25) is 0 Å². The van der Waals surface area contributed by atoms with Crippen LogP contribution in [0.15, 0.2) is 35.2 Å². The molecule has 1 aliphatic heterocycles. The van der Waals surface area contributed by atoms with E-state index in [0.29, 0.717) is 0 Å². The fourth-order valence-corrected chi connectivity index (χ4v) is 5.07. The van der Waals surface area contributed by atoms with Crippen LogP contribution in [0.4, 0.5) is 0 Å². The Morgan fingerprint density at radius 1 is 1.26 bits per heavy atom. The molecule has 5 heteroatoms. The summed E-state index contributed by atoms with van der Waals surface area (Å²) in [5.74, 6) is 0. The van der Waals surface area contributed by atoms with E-state index in [1.165, 1.54) is 0 Å². The van der Waals surface area contributed by atoms with Crippen molar-refractivity contribution in [2.75, 3.05) is 0 Å². The maximum Gasteiger partial charge on any atom is 0.192 e. The minimum absolute atomic E-state index is 0.0369. The van der Waals surface area contributed by atoms with Crippen LogP contribution < -0.4 is 0 Å². The summed E-state index contributed by atoms with van der Waals surface area (Å²) in [4.78, 5) is 0.836. The van der Waals surface area contributed by atoms with Crippen molar-refractivity contribution >= 4 is 19.1 Å². The van der Waals surface area contributed by atoms with Crippen molar-refractivity contribution in [2.45, 2.75) is 81.2 Å². The lowest BCUT2D eigenvalue weighted by molar-refractivity contribution is 0.133. The van der Waals surface area contributed by atoms with Gasteiger partial charge in [-0.25, -0.2) is 0 Å². The quantitative estimate of drug-likeness (QED) is 0.526. The maximum atomic E-state index is 12.6. The predicted octanol–water partition coefficient (Wildman–Crippen LogP) is 4.71. The molecule has 0 aliphatic carbocycles. The molecule has 0 bridgehead atoms. The average Bonchev–Trinajstić information content (AvgIpc) is 3.26. The minimum atomic E-state index is -1.85. The zero-order chi connectivity index (χ0) is 17.3. The summed E-state index contributed by atoms with van der Waals surface area (Å²) in [6.45, 7) is 13.4. The molecule has 4 atom stereocenters. The highest BCUT2D eigenvalue weighted by molar-refractivity contribution is 7.85. The highest BCUT2D eigenvalue weighted by Crippen LogP contribution is 2.41. The first-order valence-electron chi connectivity index (χ1n) is 8.46. The Morgan fingerprint density at radius 2 is 1.87 bits per heavy atom. The molecule has 23 heavy (non-hydrogen) atoms. The van der Waals surface area contributed by atoms with E-state index < -0.39 is 19.1 Å². The molecule has 1 fully saturated rings. The molecule has 1 heterocycles. The first kappa shape index (κ1) is 18.8. The zero-order valence-corrected chi connectivity index (χ0v) is 17.0. The molecule has 1 unspecified atom stereocenters. The van der Waals surface area contributed by atoms with Crippen LogP contribution in [0.3, 0.4) is 0 Å². The number of hydrogen-bond acceptors (Lipinski definition) is 3. The summed E-state index contributed by atoms with van der Waals surface area (Å²) in [5, 5.41) is 0.169. The molecule has 1 aromatic carbocycles. The maximum absolute atomic E-state index is 12.6.